The van der Waals surface area contributed by atoms with E-state index in [4.69, 9.17) is 9.84 Å². The van der Waals surface area contributed by atoms with Crippen molar-refractivity contribution in [1.29, 1.82) is 0 Å². The van der Waals surface area contributed by atoms with Gasteiger partial charge in [-0.05, 0) is 30.3 Å². The number of rotatable bonds is 7. The zero-order valence-electron chi connectivity index (χ0n) is 11.2. The van der Waals surface area contributed by atoms with E-state index in [9.17, 15) is 9.59 Å². The maximum atomic E-state index is 11.7. The third kappa shape index (κ3) is 4.98. The average molecular weight is 289 g/mol. The smallest absolute Gasteiger partial charge is 0.341 e. The first-order valence-corrected chi connectivity index (χ1v) is 6.35. The molecular weight excluding hydrogens is 274 g/mol. The molecular formula is C14H15N3O4. The van der Waals surface area contributed by atoms with Crippen LogP contribution < -0.4 is 10.1 Å². The Balaban J connectivity index is 1.79. The fourth-order valence-electron chi connectivity index (χ4n) is 1.65. The van der Waals surface area contributed by atoms with Crippen LogP contribution in [-0.2, 0) is 16.1 Å². The molecule has 110 valence electrons. The minimum atomic E-state index is -1.04. The summed E-state index contributed by atoms with van der Waals surface area (Å²) in [7, 11) is 0. The lowest BCUT2D eigenvalue weighted by atomic mass is 10.3. The van der Waals surface area contributed by atoms with Crippen LogP contribution in [0.1, 0.15) is 6.42 Å². The number of amides is 1. The summed E-state index contributed by atoms with van der Waals surface area (Å²) in [6.07, 6.45) is 3.77. The van der Waals surface area contributed by atoms with Crippen molar-refractivity contribution in [3.05, 3.63) is 42.7 Å². The number of carboxylic acids is 1. The second-order valence-electron chi connectivity index (χ2n) is 4.27. The average Bonchev–Trinajstić information content (AvgIpc) is 2.98. The van der Waals surface area contributed by atoms with Gasteiger partial charge in [-0.15, -0.1) is 0 Å². The number of hydrogen-bond acceptors (Lipinski definition) is 4. The van der Waals surface area contributed by atoms with E-state index < -0.39 is 12.6 Å². The van der Waals surface area contributed by atoms with E-state index >= 15 is 0 Å². The lowest BCUT2D eigenvalue weighted by molar-refractivity contribution is -0.139. The summed E-state index contributed by atoms with van der Waals surface area (Å²) in [5.41, 5.74) is 0.628. The van der Waals surface area contributed by atoms with E-state index in [1.807, 2.05) is 0 Å². The van der Waals surface area contributed by atoms with E-state index in [1.54, 1.807) is 47.4 Å². The normalized spacial score (nSPS) is 10.1. The fraction of sp³-hybridized carbons (Fsp3) is 0.214. The third-order valence-corrected chi connectivity index (χ3v) is 2.63. The molecule has 0 fully saturated rings. The summed E-state index contributed by atoms with van der Waals surface area (Å²) in [6.45, 7) is 0.119. The number of aryl methyl sites for hydroxylation is 1. The van der Waals surface area contributed by atoms with Crippen molar-refractivity contribution >= 4 is 17.6 Å². The van der Waals surface area contributed by atoms with Gasteiger partial charge in [-0.1, -0.05) is 0 Å². The Morgan fingerprint density at radius 1 is 1.29 bits per heavy atom. The maximum Gasteiger partial charge on any atom is 0.341 e. The zero-order valence-corrected chi connectivity index (χ0v) is 11.2. The SMILES string of the molecule is O=C(O)COc1ccc(NC(=O)CCn2cccn2)cc1. The molecule has 0 aliphatic rings. The maximum absolute atomic E-state index is 11.7. The van der Waals surface area contributed by atoms with Crippen LogP contribution >= 0.6 is 0 Å². The van der Waals surface area contributed by atoms with Crippen LogP contribution in [0, 0.1) is 0 Å². The second kappa shape index (κ2) is 7.09. The van der Waals surface area contributed by atoms with Crippen molar-refractivity contribution in [2.45, 2.75) is 13.0 Å². The van der Waals surface area contributed by atoms with E-state index in [-0.39, 0.29) is 5.91 Å². The quantitative estimate of drug-likeness (QED) is 0.803. The standard InChI is InChI=1S/C14H15N3O4/c18-13(6-9-17-8-1-7-15-17)16-11-2-4-12(5-3-11)21-10-14(19)20/h1-5,7-8H,6,9-10H2,(H,16,18)(H,19,20). The Morgan fingerprint density at radius 3 is 2.67 bits per heavy atom. The van der Waals surface area contributed by atoms with Crippen molar-refractivity contribution in [2.75, 3.05) is 11.9 Å². The van der Waals surface area contributed by atoms with Crippen LogP contribution in [0.5, 0.6) is 5.75 Å². The van der Waals surface area contributed by atoms with E-state index in [1.165, 1.54) is 0 Å². The molecule has 1 heterocycles. The molecule has 0 aliphatic heterocycles. The molecule has 0 radical (unpaired) electrons. The molecule has 0 spiro atoms. The Morgan fingerprint density at radius 2 is 2.05 bits per heavy atom. The molecule has 0 atom stereocenters. The van der Waals surface area contributed by atoms with Gasteiger partial charge in [-0.25, -0.2) is 4.79 Å². The van der Waals surface area contributed by atoms with Crippen molar-refractivity contribution in [2.24, 2.45) is 0 Å². The van der Waals surface area contributed by atoms with Crippen LogP contribution in [0.25, 0.3) is 0 Å². The summed E-state index contributed by atoms with van der Waals surface area (Å²) in [5, 5.41) is 15.3. The van der Waals surface area contributed by atoms with Gasteiger partial charge in [0.15, 0.2) is 6.61 Å². The highest BCUT2D eigenvalue weighted by atomic mass is 16.5. The highest BCUT2D eigenvalue weighted by Crippen LogP contribution is 2.15. The first-order valence-electron chi connectivity index (χ1n) is 6.35. The number of nitrogens with one attached hydrogen (secondary N) is 1. The highest BCUT2D eigenvalue weighted by Gasteiger charge is 2.04. The second-order valence-corrected chi connectivity index (χ2v) is 4.27. The number of aromatic nitrogens is 2. The summed E-state index contributed by atoms with van der Waals surface area (Å²) in [6, 6.07) is 8.32. The molecule has 1 aromatic heterocycles. The Hall–Kier alpha value is -2.83. The topological polar surface area (TPSA) is 93.5 Å². The fourth-order valence-corrected chi connectivity index (χ4v) is 1.65. The summed E-state index contributed by atoms with van der Waals surface area (Å²) >= 11 is 0. The van der Waals surface area contributed by atoms with Gasteiger partial charge in [-0.2, -0.15) is 5.10 Å². The monoisotopic (exact) mass is 289 g/mol. The van der Waals surface area contributed by atoms with E-state index in [2.05, 4.69) is 10.4 Å². The molecule has 0 unspecified atom stereocenters. The number of ether oxygens (including phenoxy) is 1. The van der Waals surface area contributed by atoms with Crippen molar-refractivity contribution in [3.63, 3.8) is 0 Å². The molecule has 0 saturated heterocycles. The Bertz CT molecular complexity index is 593. The summed E-state index contributed by atoms with van der Waals surface area (Å²) in [5.74, 6) is -0.720. The van der Waals surface area contributed by atoms with Gasteiger partial charge in [0.1, 0.15) is 5.75 Å². The molecule has 1 amide bonds. The minimum Gasteiger partial charge on any atom is -0.482 e. The van der Waals surface area contributed by atoms with Gasteiger partial charge in [0.2, 0.25) is 5.91 Å². The molecule has 0 bridgehead atoms. The third-order valence-electron chi connectivity index (χ3n) is 2.63. The van der Waals surface area contributed by atoms with E-state index in [0.29, 0.717) is 24.4 Å². The van der Waals surface area contributed by atoms with Crippen LogP contribution in [0.2, 0.25) is 0 Å². The van der Waals surface area contributed by atoms with Gasteiger partial charge in [0.25, 0.3) is 0 Å². The highest BCUT2D eigenvalue weighted by molar-refractivity contribution is 5.90. The predicted molar refractivity (Wildman–Crippen MR) is 75.0 cm³/mol. The number of aliphatic carboxylic acids is 1. The van der Waals surface area contributed by atoms with Crippen molar-refractivity contribution < 1.29 is 19.4 Å². The molecule has 2 aromatic rings. The Kier molecular flexibility index (Phi) is 4.92. The van der Waals surface area contributed by atoms with Gasteiger partial charge in [0, 0.05) is 31.0 Å². The largest absolute Gasteiger partial charge is 0.482 e. The van der Waals surface area contributed by atoms with Crippen LogP contribution in [0.15, 0.2) is 42.7 Å². The molecule has 1 aromatic carbocycles. The van der Waals surface area contributed by atoms with Gasteiger partial charge < -0.3 is 15.2 Å². The van der Waals surface area contributed by atoms with Crippen LogP contribution in [-0.4, -0.2) is 33.4 Å². The number of anilines is 1. The number of carboxylic acid groups (broad SMARTS) is 1. The van der Waals surface area contributed by atoms with Gasteiger partial charge >= 0.3 is 5.97 Å². The van der Waals surface area contributed by atoms with Crippen molar-refractivity contribution in [1.82, 2.24) is 9.78 Å². The molecule has 2 N–H and O–H groups in total. The molecule has 2 rings (SSSR count). The molecule has 7 heteroatoms. The number of hydrogen-bond donors (Lipinski definition) is 2. The number of carbonyl (C=O) groups excluding carboxylic acids is 1. The van der Waals surface area contributed by atoms with Crippen LogP contribution in [0.3, 0.4) is 0 Å². The first-order chi connectivity index (χ1) is 10.1. The number of carbonyl (C=O) groups is 2. The molecule has 7 nitrogen and oxygen atoms in total. The number of benzene rings is 1. The number of nitrogens with zero attached hydrogens (tertiary/aromatic N) is 2. The van der Waals surface area contributed by atoms with E-state index in [0.717, 1.165) is 0 Å². The van der Waals surface area contributed by atoms with Gasteiger partial charge in [-0.3, -0.25) is 9.48 Å². The predicted octanol–water partition coefficient (Wildman–Crippen LogP) is 1.38. The zero-order chi connectivity index (χ0) is 15.1. The summed E-state index contributed by atoms with van der Waals surface area (Å²) in [4.78, 5) is 22.1. The first kappa shape index (κ1) is 14.6. The van der Waals surface area contributed by atoms with Gasteiger partial charge in [0.05, 0.1) is 0 Å². The molecule has 21 heavy (non-hydrogen) atoms. The lowest BCUT2D eigenvalue weighted by Crippen LogP contribution is -2.14. The van der Waals surface area contributed by atoms with Crippen LogP contribution in [0.4, 0.5) is 5.69 Å². The Labute approximate surface area is 121 Å². The molecule has 0 saturated carbocycles. The van der Waals surface area contributed by atoms with Crippen molar-refractivity contribution in [3.8, 4) is 5.75 Å². The summed E-state index contributed by atoms with van der Waals surface area (Å²) < 4.78 is 6.68. The minimum absolute atomic E-state index is 0.121. The molecule has 0 aliphatic carbocycles. The lowest BCUT2D eigenvalue weighted by Gasteiger charge is -2.07.